The number of nitrogens with zero attached hydrogens (tertiary/aromatic N) is 3. The molecule has 7 heteroatoms. The van der Waals surface area contributed by atoms with Crippen LogP contribution in [0.2, 0.25) is 0 Å². The number of amidine groups is 1. The van der Waals surface area contributed by atoms with E-state index in [0.717, 1.165) is 0 Å². The van der Waals surface area contributed by atoms with Gasteiger partial charge in [-0.25, -0.2) is 0 Å². The summed E-state index contributed by atoms with van der Waals surface area (Å²) in [6, 6.07) is 1.47. The molecule has 17 heavy (non-hydrogen) atoms. The van der Waals surface area contributed by atoms with Crippen molar-refractivity contribution in [2.24, 2.45) is 17.9 Å². The molecule has 0 saturated carbocycles. The largest absolute Gasteiger partial charge is 0.409 e. The molecule has 0 aliphatic rings. The Kier molecular flexibility index (Phi) is 4.50. The highest BCUT2D eigenvalue weighted by Gasteiger charge is 2.15. The smallest absolute Gasteiger partial charge is 0.269 e. The van der Waals surface area contributed by atoms with Crippen molar-refractivity contribution in [2.75, 3.05) is 0 Å². The van der Waals surface area contributed by atoms with E-state index >= 15 is 0 Å². The van der Waals surface area contributed by atoms with Gasteiger partial charge in [0, 0.05) is 25.7 Å². The van der Waals surface area contributed by atoms with Gasteiger partial charge in [0.1, 0.15) is 11.5 Å². The normalized spacial score (nSPS) is 13.4. The van der Waals surface area contributed by atoms with Crippen molar-refractivity contribution in [1.29, 1.82) is 0 Å². The number of nitrogens with one attached hydrogen (secondary N) is 1. The molecule has 1 amide bonds. The van der Waals surface area contributed by atoms with Crippen molar-refractivity contribution in [3.63, 3.8) is 0 Å². The van der Waals surface area contributed by atoms with E-state index in [0.29, 0.717) is 18.5 Å². The molecular formula is C10H17N5O2. The van der Waals surface area contributed by atoms with Crippen LogP contribution in [0.5, 0.6) is 0 Å². The maximum atomic E-state index is 11.9. The molecule has 0 aromatic carbocycles. The van der Waals surface area contributed by atoms with Crippen molar-refractivity contribution in [1.82, 2.24) is 15.1 Å². The van der Waals surface area contributed by atoms with Gasteiger partial charge in [0.05, 0.1) is 0 Å². The summed E-state index contributed by atoms with van der Waals surface area (Å²) < 4.78 is 1.49. The molecule has 0 aliphatic heterocycles. The molecule has 94 valence electrons. The average Bonchev–Trinajstić information content (AvgIpc) is 2.74. The van der Waals surface area contributed by atoms with Crippen molar-refractivity contribution < 1.29 is 10.0 Å². The fraction of sp³-hybridized carbons (Fsp3) is 0.500. The number of amides is 1. The van der Waals surface area contributed by atoms with Gasteiger partial charge in [-0.1, -0.05) is 12.1 Å². The van der Waals surface area contributed by atoms with Crippen molar-refractivity contribution >= 4 is 11.7 Å². The Morgan fingerprint density at radius 1 is 1.76 bits per heavy atom. The van der Waals surface area contributed by atoms with Crippen molar-refractivity contribution in [2.45, 2.75) is 25.8 Å². The van der Waals surface area contributed by atoms with Crippen LogP contribution in [0.4, 0.5) is 0 Å². The maximum absolute atomic E-state index is 11.9. The summed E-state index contributed by atoms with van der Waals surface area (Å²) in [7, 11) is 1.69. The summed E-state index contributed by atoms with van der Waals surface area (Å²) in [5, 5.41) is 18.1. The zero-order valence-corrected chi connectivity index (χ0v) is 9.92. The van der Waals surface area contributed by atoms with Crippen LogP contribution in [0.1, 0.15) is 30.3 Å². The summed E-state index contributed by atoms with van der Waals surface area (Å²) in [5.74, 6) is -0.121. The lowest BCUT2D eigenvalue weighted by Crippen LogP contribution is -2.38. The third-order valence-electron chi connectivity index (χ3n) is 2.47. The van der Waals surface area contributed by atoms with Crippen LogP contribution in [-0.2, 0) is 7.05 Å². The highest BCUT2D eigenvalue weighted by molar-refractivity contribution is 5.93. The lowest BCUT2D eigenvalue weighted by atomic mass is 10.1. The zero-order chi connectivity index (χ0) is 12.8. The van der Waals surface area contributed by atoms with Crippen LogP contribution < -0.4 is 11.1 Å². The second-order valence-corrected chi connectivity index (χ2v) is 3.71. The molecule has 1 aromatic rings. The first-order chi connectivity index (χ1) is 8.08. The summed E-state index contributed by atoms with van der Waals surface area (Å²) in [6.07, 6.45) is 2.57. The maximum Gasteiger partial charge on any atom is 0.269 e. The van der Waals surface area contributed by atoms with E-state index in [2.05, 4.69) is 15.6 Å². The third-order valence-corrected chi connectivity index (χ3v) is 2.47. The number of aromatic nitrogens is 2. The molecule has 0 fully saturated rings. The second kappa shape index (κ2) is 5.88. The molecule has 1 aromatic heterocycles. The Hall–Kier alpha value is -2.05. The van der Waals surface area contributed by atoms with Gasteiger partial charge >= 0.3 is 0 Å². The number of aryl methyl sites for hydroxylation is 1. The fourth-order valence-electron chi connectivity index (χ4n) is 1.45. The lowest BCUT2D eigenvalue weighted by molar-refractivity contribution is 0.0927. The summed E-state index contributed by atoms with van der Waals surface area (Å²) >= 11 is 0. The zero-order valence-electron chi connectivity index (χ0n) is 9.92. The molecule has 1 atom stereocenters. The molecule has 4 N–H and O–H groups in total. The summed E-state index contributed by atoms with van der Waals surface area (Å²) in [5.41, 5.74) is 5.88. The van der Waals surface area contributed by atoms with Crippen LogP contribution in [0.15, 0.2) is 17.4 Å². The standard InChI is InChI=1S/C10H17N5O2/c1-3-7(6-9(11)14-17)13-10(16)8-4-5-12-15(8)2/h4-5,7,17H,3,6H2,1-2H3,(H2,11,14)(H,13,16). The predicted molar refractivity (Wildman–Crippen MR) is 62.8 cm³/mol. The molecule has 1 heterocycles. The summed E-state index contributed by atoms with van der Waals surface area (Å²) in [6.45, 7) is 1.92. The number of rotatable bonds is 5. The molecule has 0 saturated heterocycles. The number of hydrogen-bond donors (Lipinski definition) is 3. The van der Waals surface area contributed by atoms with Crippen LogP contribution >= 0.6 is 0 Å². The average molecular weight is 239 g/mol. The predicted octanol–water partition coefficient (Wildman–Crippen LogP) is 0.0650. The number of hydrogen-bond acceptors (Lipinski definition) is 4. The van der Waals surface area contributed by atoms with Gasteiger partial charge in [-0.15, -0.1) is 0 Å². The topological polar surface area (TPSA) is 106 Å². The first kappa shape index (κ1) is 13.0. The molecule has 0 spiro atoms. The number of nitrogens with two attached hydrogens (primary N) is 1. The van der Waals surface area contributed by atoms with E-state index in [-0.39, 0.29) is 17.8 Å². The fourth-order valence-corrected chi connectivity index (χ4v) is 1.45. The van der Waals surface area contributed by atoms with E-state index < -0.39 is 0 Å². The van der Waals surface area contributed by atoms with Gasteiger partial charge in [-0.05, 0) is 12.5 Å². The molecule has 7 nitrogen and oxygen atoms in total. The lowest BCUT2D eigenvalue weighted by Gasteiger charge is -2.15. The molecule has 0 bridgehead atoms. The number of carbonyl (C=O) groups is 1. The van der Waals surface area contributed by atoms with E-state index in [4.69, 9.17) is 10.9 Å². The number of oxime groups is 1. The van der Waals surface area contributed by atoms with Gasteiger partial charge in [0.25, 0.3) is 5.91 Å². The number of carbonyl (C=O) groups excluding carboxylic acids is 1. The minimum Gasteiger partial charge on any atom is -0.409 e. The Balaban J connectivity index is 2.63. The Morgan fingerprint density at radius 2 is 2.47 bits per heavy atom. The van der Waals surface area contributed by atoms with Crippen LogP contribution in [0.3, 0.4) is 0 Å². The van der Waals surface area contributed by atoms with E-state index in [1.165, 1.54) is 4.68 Å². The molecule has 1 unspecified atom stereocenters. The Labute approximate surface area is 99.3 Å². The van der Waals surface area contributed by atoms with E-state index in [1.807, 2.05) is 6.92 Å². The quantitative estimate of drug-likeness (QED) is 0.292. The summed E-state index contributed by atoms with van der Waals surface area (Å²) in [4.78, 5) is 11.9. The molecule has 0 aliphatic carbocycles. The Bertz CT molecular complexity index is 413. The highest BCUT2D eigenvalue weighted by atomic mass is 16.4. The van der Waals surface area contributed by atoms with Gasteiger partial charge in [-0.3, -0.25) is 9.48 Å². The van der Waals surface area contributed by atoms with Gasteiger partial charge in [-0.2, -0.15) is 5.10 Å². The first-order valence-electron chi connectivity index (χ1n) is 5.33. The monoisotopic (exact) mass is 239 g/mol. The second-order valence-electron chi connectivity index (χ2n) is 3.71. The minimum absolute atomic E-state index is 0.0992. The SMILES string of the molecule is CCC(C/C(N)=N/O)NC(=O)c1ccnn1C. The highest BCUT2D eigenvalue weighted by Crippen LogP contribution is 2.02. The van der Waals surface area contributed by atoms with Gasteiger partial charge in [0.15, 0.2) is 0 Å². The van der Waals surface area contributed by atoms with Gasteiger partial charge < -0.3 is 16.3 Å². The third kappa shape index (κ3) is 3.47. The molecule has 0 radical (unpaired) electrons. The van der Waals surface area contributed by atoms with Crippen LogP contribution in [-0.4, -0.2) is 32.8 Å². The van der Waals surface area contributed by atoms with E-state index in [9.17, 15) is 4.79 Å². The van der Waals surface area contributed by atoms with Crippen LogP contribution in [0.25, 0.3) is 0 Å². The van der Waals surface area contributed by atoms with Gasteiger partial charge in [0.2, 0.25) is 0 Å². The van der Waals surface area contributed by atoms with Crippen molar-refractivity contribution in [3.05, 3.63) is 18.0 Å². The first-order valence-corrected chi connectivity index (χ1v) is 5.33. The van der Waals surface area contributed by atoms with Crippen LogP contribution in [0, 0.1) is 0 Å². The Morgan fingerprint density at radius 3 is 2.94 bits per heavy atom. The molecular weight excluding hydrogens is 222 g/mol. The van der Waals surface area contributed by atoms with Crippen molar-refractivity contribution in [3.8, 4) is 0 Å². The van der Waals surface area contributed by atoms with E-state index in [1.54, 1.807) is 19.3 Å². The minimum atomic E-state index is -0.220. The molecule has 1 rings (SSSR count).